The Kier molecular flexibility index (Phi) is 5.91. The molecule has 29 heavy (non-hydrogen) atoms. The van der Waals surface area contributed by atoms with Crippen LogP contribution in [0, 0.1) is 6.92 Å². The lowest BCUT2D eigenvalue weighted by Crippen LogP contribution is -2.48. The fourth-order valence-electron chi connectivity index (χ4n) is 3.73. The Morgan fingerprint density at radius 3 is 2.55 bits per heavy atom. The molecule has 2 fully saturated rings. The monoisotopic (exact) mass is 433 g/mol. The van der Waals surface area contributed by atoms with Gasteiger partial charge in [0.1, 0.15) is 12.6 Å². The number of benzene rings is 1. The molecule has 0 bridgehead atoms. The molecule has 0 saturated carbocycles. The van der Waals surface area contributed by atoms with Crippen molar-refractivity contribution in [3.63, 3.8) is 0 Å². The van der Waals surface area contributed by atoms with E-state index in [4.69, 9.17) is 0 Å². The molecule has 0 spiro atoms. The molecule has 2 aliphatic rings. The van der Waals surface area contributed by atoms with E-state index in [-0.39, 0.29) is 23.8 Å². The van der Waals surface area contributed by atoms with Gasteiger partial charge in [0.15, 0.2) is 0 Å². The Morgan fingerprint density at radius 2 is 1.97 bits per heavy atom. The quantitative estimate of drug-likeness (QED) is 0.769. The van der Waals surface area contributed by atoms with Crippen LogP contribution in [-0.4, -0.2) is 56.4 Å². The standard InChI is InChI=1S/C18H22F3N3O4S/c1-12-10-13(23-8-3-5-16(23)25)6-7-15(12)29(27,28)24-9-2-4-14(24)17(26)22-11-18(19,20)21/h6-7,10,14H,2-5,8-9,11H2,1H3,(H,22,26). The van der Waals surface area contributed by atoms with E-state index in [9.17, 15) is 31.2 Å². The van der Waals surface area contributed by atoms with Gasteiger partial charge in [0.05, 0.1) is 4.90 Å². The highest BCUT2D eigenvalue weighted by Gasteiger charge is 2.41. The molecular weight excluding hydrogens is 411 g/mol. The number of hydrogen-bond acceptors (Lipinski definition) is 4. The van der Waals surface area contributed by atoms with Crippen LogP contribution in [0.1, 0.15) is 31.2 Å². The number of carbonyl (C=O) groups excluding carboxylic acids is 2. The van der Waals surface area contributed by atoms with Gasteiger partial charge in [-0.3, -0.25) is 9.59 Å². The van der Waals surface area contributed by atoms with Gasteiger partial charge in [0, 0.05) is 25.2 Å². The van der Waals surface area contributed by atoms with Crippen molar-refractivity contribution in [2.75, 3.05) is 24.5 Å². The number of anilines is 1. The first-order chi connectivity index (χ1) is 13.5. The van der Waals surface area contributed by atoms with Gasteiger partial charge in [0.2, 0.25) is 21.8 Å². The van der Waals surface area contributed by atoms with Crippen molar-refractivity contribution >= 4 is 27.5 Å². The minimum Gasteiger partial charge on any atom is -0.346 e. The second kappa shape index (κ2) is 7.94. The average molecular weight is 433 g/mol. The molecule has 1 aromatic rings. The first kappa shape index (κ1) is 21.6. The van der Waals surface area contributed by atoms with Crippen molar-refractivity contribution < 1.29 is 31.2 Å². The summed E-state index contributed by atoms with van der Waals surface area (Å²) < 4.78 is 64.3. The van der Waals surface area contributed by atoms with Crippen LogP contribution in [0.4, 0.5) is 18.9 Å². The highest BCUT2D eigenvalue weighted by atomic mass is 32.2. The molecule has 2 amide bonds. The summed E-state index contributed by atoms with van der Waals surface area (Å²) in [5.41, 5.74) is 1.01. The number of rotatable bonds is 5. The second-order valence-corrected chi connectivity index (χ2v) is 9.06. The number of aryl methyl sites for hydroxylation is 1. The van der Waals surface area contributed by atoms with Crippen LogP contribution in [0.15, 0.2) is 23.1 Å². The summed E-state index contributed by atoms with van der Waals surface area (Å²) in [6.07, 6.45) is -2.86. The smallest absolute Gasteiger partial charge is 0.346 e. The van der Waals surface area contributed by atoms with Gasteiger partial charge < -0.3 is 10.2 Å². The predicted octanol–water partition coefficient (Wildman–Crippen LogP) is 1.95. The molecule has 1 aromatic carbocycles. The largest absolute Gasteiger partial charge is 0.405 e. The Balaban J connectivity index is 1.82. The first-order valence-corrected chi connectivity index (χ1v) is 10.7. The van der Waals surface area contributed by atoms with E-state index < -0.39 is 34.7 Å². The van der Waals surface area contributed by atoms with Crippen molar-refractivity contribution in [3.8, 4) is 0 Å². The molecule has 0 aromatic heterocycles. The third-order valence-electron chi connectivity index (χ3n) is 5.10. The maximum Gasteiger partial charge on any atom is 0.405 e. The van der Waals surface area contributed by atoms with Crippen LogP contribution in [0.5, 0.6) is 0 Å². The SMILES string of the molecule is Cc1cc(N2CCCC2=O)ccc1S(=O)(=O)N1CCCC1C(=O)NCC(F)(F)F. The zero-order chi connectivity index (χ0) is 21.4. The van der Waals surface area contributed by atoms with Crippen molar-refractivity contribution in [2.45, 2.75) is 49.7 Å². The van der Waals surface area contributed by atoms with Gasteiger partial charge in [-0.15, -0.1) is 0 Å². The molecular formula is C18H22F3N3O4S. The van der Waals surface area contributed by atoms with Crippen molar-refractivity contribution in [1.29, 1.82) is 0 Å². The molecule has 0 radical (unpaired) electrons. The van der Waals surface area contributed by atoms with Gasteiger partial charge in [-0.25, -0.2) is 8.42 Å². The molecule has 2 aliphatic heterocycles. The normalized spacial score (nSPS) is 21.0. The lowest BCUT2D eigenvalue weighted by Gasteiger charge is -2.25. The summed E-state index contributed by atoms with van der Waals surface area (Å²) in [5, 5.41) is 1.77. The number of alkyl halides is 3. The van der Waals surface area contributed by atoms with Gasteiger partial charge in [-0.05, 0) is 49.9 Å². The molecule has 1 N–H and O–H groups in total. The number of nitrogens with one attached hydrogen (secondary N) is 1. The lowest BCUT2D eigenvalue weighted by molar-refractivity contribution is -0.140. The van der Waals surface area contributed by atoms with Crippen LogP contribution < -0.4 is 10.2 Å². The highest BCUT2D eigenvalue weighted by molar-refractivity contribution is 7.89. The molecule has 1 unspecified atom stereocenters. The third-order valence-corrected chi connectivity index (χ3v) is 7.17. The Morgan fingerprint density at radius 1 is 1.24 bits per heavy atom. The molecule has 11 heteroatoms. The summed E-state index contributed by atoms with van der Waals surface area (Å²) in [5.74, 6) is -0.985. The zero-order valence-corrected chi connectivity index (χ0v) is 16.6. The van der Waals surface area contributed by atoms with Crippen LogP contribution >= 0.6 is 0 Å². The van der Waals surface area contributed by atoms with E-state index in [0.717, 1.165) is 10.7 Å². The van der Waals surface area contributed by atoms with Gasteiger partial charge >= 0.3 is 6.18 Å². The number of sulfonamides is 1. The highest BCUT2D eigenvalue weighted by Crippen LogP contribution is 2.31. The number of amides is 2. The minimum atomic E-state index is -4.57. The fourth-order valence-corrected chi connectivity index (χ4v) is 5.60. The van der Waals surface area contributed by atoms with E-state index in [1.54, 1.807) is 23.2 Å². The molecule has 2 heterocycles. The average Bonchev–Trinajstić information content (AvgIpc) is 3.28. The van der Waals surface area contributed by atoms with E-state index in [0.29, 0.717) is 30.6 Å². The van der Waals surface area contributed by atoms with Gasteiger partial charge in [-0.2, -0.15) is 17.5 Å². The van der Waals surface area contributed by atoms with Gasteiger partial charge in [0.25, 0.3) is 0 Å². The van der Waals surface area contributed by atoms with Crippen LogP contribution in [-0.2, 0) is 19.6 Å². The molecule has 7 nitrogen and oxygen atoms in total. The first-order valence-electron chi connectivity index (χ1n) is 9.28. The Labute approximate surface area is 166 Å². The number of hydrogen-bond donors (Lipinski definition) is 1. The third kappa shape index (κ3) is 4.55. The zero-order valence-electron chi connectivity index (χ0n) is 15.8. The topological polar surface area (TPSA) is 86.8 Å². The molecule has 3 rings (SSSR count). The Bertz CT molecular complexity index is 917. The van der Waals surface area contributed by atoms with Crippen LogP contribution in [0.2, 0.25) is 0 Å². The summed E-state index contributed by atoms with van der Waals surface area (Å²) in [7, 11) is -4.08. The summed E-state index contributed by atoms with van der Waals surface area (Å²) in [6.45, 7) is 0.704. The molecule has 160 valence electrons. The van der Waals surface area contributed by atoms with Crippen molar-refractivity contribution in [3.05, 3.63) is 23.8 Å². The van der Waals surface area contributed by atoms with Crippen molar-refractivity contribution in [2.24, 2.45) is 0 Å². The summed E-state index contributed by atoms with van der Waals surface area (Å²) in [4.78, 5) is 25.6. The van der Waals surface area contributed by atoms with E-state index in [1.165, 1.54) is 12.1 Å². The fraction of sp³-hybridized carbons (Fsp3) is 0.556. The number of halogens is 3. The number of nitrogens with zero attached hydrogens (tertiary/aromatic N) is 2. The predicted molar refractivity (Wildman–Crippen MR) is 98.7 cm³/mol. The van der Waals surface area contributed by atoms with Crippen LogP contribution in [0.25, 0.3) is 0 Å². The van der Waals surface area contributed by atoms with Crippen LogP contribution in [0.3, 0.4) is 0 Å². The molecule has 1 atom stereocenters. The summed E-state index contributed by atoms with van der Waals surface area (Å²) in [6, 6.07) is 3.35. The minimum absolute atomic E-state index is 0.0246. The summed E-state index contributed by atoms with van der Waals surface area (Å²) >= 11 is 0. The van der Waals surface area contributed by atoms with E-state index in [2.05, 4.69) is 0 Å². The van der Waals surface area contributed by atoms with E-state index >= 15 is 0 Å². The maximum absolute atomic E-state index is 13.1. The molecule has 2 saturated heterocycles. The molecule has 0 aliphatic carbocycles. The lowest BCUT2D eigenvalue weighted by atomic mass is 10.2. The van der Waals surface area contributed by atoms with Gasteiger partial charge in [-0.1, -0.05) is 0 Å². The van der Waals surface area contributed by atoms with E-state index in [1.807, 2.05) is 0 Å². The van der Waals surface area contributed by atoms with Crippen molar-refractivity contribution in [1.82, 2.24) is 9.62 Å². The number of carbonyl (C=O) groups is 2. The second-order valence-electron chi connectivity index (χ2n) is 7.21. The maximum atomic E-state index is 13.1. The Hall–Kier alpha value is -2.14.